The number of aromatic nitrogens is 3. The molecule has 1 spiro atoms. The highest BCUT2D eigenvalue weighted by Crippen LogP contribution is 2.54. The smallest absolute Gasteiger partial charge is 0.319 e. The Morgan fingerprint density at radius 1 is 1.35 bits per heavy atom. The zero-order valence-electron chi connectivity index (χ0n) is 25.9. The molecule has 2 aliphatic heterocycles. The summed E-state index contributed by atoms with van der Waals surface area (Å²) in [6.45, 7) is 7.53. The first-order valence-electron chi connectivity index (χ1n) is 15.3. The third-order valence-corrected chi connectivity index (χ3v) is 11.1. The molecule has 1 unspecified atom stereocenters. The molecule has 2 N–H and O–H groups in total. The Kier molecular flexibility index (Phi) is 7.32. The Bertz CT molecular complexity index is 1950. The van der Waals surface area contributed by atoms with Crippen molar-refractivity contribution in [3.63, 3.8) is 0 Å². The molecule has 1 aromatic carbocycles. The van der Waals surface area contributed by atoms with E-state index in [1.165, 1.54) is 37.2 Å². The normalized spacial score (nSPS) is 22.1. The van der Waals surface area contributed by atoms with Gasteiger partial charge in [-0.25, -0.2) is 8.78 Å². The van der Waals surface area contributed by atoms with Crippen LogP contribution in [0.5, 0.6) is 6.01 Å². The highest BCUT2D eigenvalue weighted by molar-refractivity contribution is 7.23. The number of amides is 1. The Labute approximate surface area is 269 Å². The fourth-order valence-corrected chi connectivity index (χ4v) is 8.29. The molecule has 3 fully saturated rings. The summed E-state index contributed by atoms with van der Waals surface area (Å²) in [4.78, 5) is 32.3. The fraction of sp³-hybridized carbons (Fsp3) is 0.424. The summed E-state index contributed by atoms with van der Waals surface area (Å²) in [7, 11) is 3.95. The molecule has 3 aromatic heterocycles. The molecule has 238 valence electrons. The van der Waals surface area contributed by atoms with E-state index in [-0.39, 0.29) is 67.5 Å². The molecule has 10 nitrogen and oxygen atoms in total. The summed E-state index contributed by atoms with van der Waals surface area (Å²) in [5, 5.41) is 10.5. The molecule has 1 saturated carbocycles. The number of fused-ring (bicyclic) bond motifs is 2. The van der Waals surface area contributed by atoms with Gasteiger partial charge in [-0.2, -0.15) is 15.2 Å². The fourth-order valence-electron chi connectivity index (χ4n) is 7.34. The lowest BCUT2D eigenvalue weighted by atomic mass is 10.0. The largest absolute Gasteiger partial charge is 0.462 e. The molecule has 1 amide bonds. The van der Waals surface area contributed by atoms with Crippen LogP contribution in [0.1, 0.15) is 38.2 Å². The van der Waals surface area contributed by atoms with Crippen LogP contribution in [0.2, 0.25) is 0 Å². The van der Waals surface area contributed by atoms with Crippen LogP contribution >= 0.6 is 11.3 Å². The van der Waals surface area contributed by atoms with E-state index in [0.29, 0.717) is 36.2 Å². The number of nitriles is 1. The molecular weight excluding hydrogens is 610 g/mol. The molecule has 46 heavy (non-hydrogen) atoms. The van der Waals surface area contributed by atoms with Gasteiger partial charge in [-0.3, -0.25) is 14.7 Å². The average molecular weight is 645 g/mol. The number of thiophene rings is 1. The number of carbonyl (C=O) groups excluding carboxylic acids is 1. The lowest BCUT2D eigenvalue weighted by molar-refractivity contribution is -0.126. The van der Waals surface area contributed by atoms with Crippen LogP contribution in [0.25, 0.3) is 32.2 Å². The number of nitrogens with zero attached hydrogens (tertiary/aromatic N) is 7. The molecule has 13 heteroatoms. The minimum atomic E-state index is -0.751. The van der Waals surface area contributed by atoms with Crippen molar-refractivity contribution in [1.82, 2.24) is 24.8 Å². The van der Waals surface area contributed by atoms with Crippen LogP contribution in [0.4, 0.5) is 19.6 Å². The molecule has 0 radical (unpaired) electrons. The summed E-state index contributed by atoms with van der Waals surface area (Å²) in [5.74, 6) is -1.04. The van der Waals surface area contributed by atoms with Crippen molar-refractivity contribution in [3.05, 3.63) is 48.2 Å². The lowest BCUT2D eigenvalue weighted by Crippen LogP contribution is -2.43. The number of hydrogen-bond acceptors (Lipinski definition) is 10. The number of nitrogens with two attached hydrogens (primary N) is 1. The maximum atomic E-state index is 16.7. The summed E-state index contributed by atoms with van der Waals surface area (Å²) in [5.41, 5.74) is 6.63. The van der Waals surface area contributed by atoms with Crippen molar-refractivity contribution in [1.29, 1.82) is 5.26 Å². The Hall–Kier alpha value is -4.41. The topological polar surface area (TPSA) is 125 Å². The number of pyridine rings is 1. The number of likely N-dealkylation sites (tertiary alicyclic amines) is 2. The van der Waals surface area contributed by atoms with Crippen molar-refractivity contribution in [2.24, 2.45) is 5.41 Å². The Morgan fingerprint density at radius 3 is 2.83 bits per heavy atom. The molecule has 4 aromatic rings. The quantitative estimate of drug-likeness (QED) is 0.273. The van der Waals surface area contributed by atoms with Crippen molar-refractivity contribution in [2.75, 3.05) is 44.4 Å². The van der Waals surface area contributed by atoms with Gasteiger partial charge in [0.05, 0.1) is 21.7 Å². The van der Waals surface area contributed by atoms with Gasteiger partial charge in [-0.15, -0.1) is 11.3 Å². The SMILES string of the molecule is C=CC(=O)N1CCC(N(C)c2nc(OC[C@@H]3CC4(CC4)CN3C)nc3c(F)c(-c4ccc(F)c5sc(N)c(C#N)c45)ncc23)[C@H]1C. The minimum absolute atomic E-state index is 0.0147. The van der Waals surface area contributed by atoms with E-state index in [1.807, 2.05) is 24.9 Å². The van der Waals surface area contributed by atoms with E-state index in [0.717, 1.165) is 24.3 Å². The number of nitrogen functional groups attached to an aromatic ring is 1. The van der Waals surface area contributed by atoms with Crippen LogP contribution < -0.4 is 15.4 Å². The number of anilines is 2. The van der Waals surface area contributed by atoms with Gasteiger partial charge in [-0.05, 0) is 63.3 Å². The first-order chi connectivity index (χ1) is 22.1. The molecule has 5 heterocycles. The molecule has 3 aliphatic rings. The summed E-state index contributed by atoms with van der Waals surface area (Å²) < 4.78 is 37.9. The van der Waals surface area contributed by atoms with Gasteiger partial charge < -0.3 is 20.3 Å². The number of carbonyl (C=O) groups is 1. The second-order valence-corrected chi connectivity index (χ2v) is 13.8. The predicted molar refractivity (Wildman–Crippen MR) is 174 cm³/mol. The van der Waals surface area contributed by atoms with Gasteiger partial charge >= 0.3 is 6.01 Å². The van der Waals surface area contributed by atoms with E-state index in [1.54, 1.807) is 4.90 Å². The van der Waals surface area contributed by atoms with Crippen LogP contribution in [0.15, 0.2) is 31.0 Å². The zero-order chi connectivity index (χ0) is 32.5. The average Bonchev–Trinajstić information content (AvgIpc) is 3.37. The van der Waals surface area contributed by atoms with E-state index in [4.69, 9.17) is 15.5 Å². The maximum Gasteiger partial charge on any atom is 0.319 e. The molecule has 0 bridgehead atoms. The Balaban J connectivity index is 1.33. The molecular formula is C33H34F2N8O2S. The van der Waals surface area contributed by atoms with Gasteiger partial charge in [0.15, 0.2) is 5.82 Å². The minimum Gasteiger partial charge on any atom is -0.462 e. The predicted octanol–water partition coefficient (Wildman–Crippen LogP) is 5.11. The van der Waals surface area contributed by atoms with Gasteiger partial charge in [0.1, 0.15) is 40.5 Å². The first kappa shape index (κ1) is 30.3. The summed E-state index contributed by atoms with van der Waals surface area (Å²) in [6.07, 6.45) is 6.95. The summed E-state index contributed by atoms with van der Waals surface area (Å²) in [6, 6.07) is 4.59. The van der Waals surface area contributed by atoms with Gasteiger partial charge in [0.25, 0.3) is 0 Å². The van der Waals surface area contributed by atoms with Gasteiger partial charge in [0.2, 0.25) is 5.91 Å². The number of hydrogen-bond donors (Lipinski definition) is 1. The van der Waals surface area contributed by atoms with Crippen LogP contribution in [-0.2, 0) is 4.79 Å². The first-order valence-corrected chi connectivity index (χ1v) is 16.1. The standard InChI is InChI=1S/C33H34F2N8O2S/c1-5-24(44)43-11-8-23(17(43)2)42(4)31-21-14-38-27(19-6-7-22(34)29-25(19)20(13-36)30(37)46-29)26(35)28(21)39-32(40-31)45-15-18-12-33(9-10-33)16-41(18)3/h5-7,14,17-18,23H,1,8-12,15-16,37H2,2-4H3/t17-,18+,23?/m1/s1. The highest BCUT2D eigenvalue weighted by atomic mass is 32.1. The van der Waals surface area contributed by atoms with Crippen molar-refractivity contribution >= 4 is 49.1 Å². The Morgan fingerprint density at radius 2 is 2.13 bits per heavy atom. The highest BCUT2D eigenvalue weighted by Gasteiger charge is 2.51. The van der Waals surface area contributed by atoms with E-state index in [2.05, 4.69) is 28.5 Å². The second kappa shape index (κ2) is 11.1. The van der Waals surface area contributed by atoms with Crippen LogP contribution in [-0.4, -0.2) is 82.6 Å². The van der Waals surface area contributed by atoms with Crippen molar-refractivity contribution in [2.45, 2.75) is 50.7 Å². The zero-order valence-corrected chi connectivity index (χ0v) is 26.7. The molecule has 3 atom stereocenters. The number of halogens is 2. The monoisotopic (exact) mass is 644 g/mol. The van der Waals surface area contributed by atoms with E-state index < -0.39 is 11.6 Å². The van der Waals surface area contributed by atoms with Crippen LogP contribution in [0.3, 0.4) is 0 Å². The van der Waals surface area contributed by atoms with E-state index in [9.17, 15) is 14.4 Å². The maximum absolute atomic E-state index is 16.7. The van der Waals surface area contributed by atoms with Crippen LogP contribution in [0, 0.1) is 28.4 Å². The number of likely N-dealkylation sites (N-methyl/N-ethyl adjacent to an activating group) is 2. The molecule has 1 aliphatic carbocycles. The number of rotatable bonds is 7. The summed E-state index contributed by atoms with van der Waals surface area (Å²) >= 11 is 0.938. The van der Waals surface area contributed by atoms with Crippen molar-refractivity contribution < 1.29 is 18.3 Å². The van der Waals surface area contributed by atoms with Crippen molar-refractivity contribution in [3.8, 4) is 23.3 Å². The van der Waals surface area contributed by atoms with E-state index >= 15 is 4.39 Å². The van der Waals surface area contributed by atoms with Gasteiger partial charge in [0, 0.05) is 49.4 Å². The lowest BCUT2D eigenvalue weighted by Gasteiger charge is -2.32. The number of benzene rings is 1. The molecule has 7 rings (SSSR count). The second-order valence-electron chi connectivity index (χ2n) is 12.8. The van der Waals surface area contributed by atoms with Gasteiger partial charge in [-0.1, -0.05) is 6.58 Å². The molecule has 2 saturated heterocycles. The third-order valence-electron chi connectivity index (χ3n) is 10.1. The third kappa shape index (κ3) is 4.82. The number of ether oxygens (including phenoxy) is 1.